The number of nitrogens with one attached hydrogen (secondary N) is 2. The van der Waals surface area contributed by atoms with Gasteiger partial charge in [-0.15, -0.1) is 0 Å². The van der Waals surface area contributed by atoms with E-state index in [0.29, 0.717) is 27.9 Å². The third-order valence-corrected chi connectivity index (χ3v) is 3.81. The van der Waals surface area contributed by atoms with Gasteiger partial charge in [0.25, 0.3) is 0 Å². The molecule has 1 aromatic carbocycles. The molecule has 0 unspecified atom stereocenters. The molecule has 0 fully saturated rings. The molecule has 25 heavy (non-hydrogen) atoms. The number of aliphatic hydroxyl groups is 2. The minimum Gasteiger partial charge on any atom is -0.394 e. The second kappa shape index (κ2) is 6.96. The van der Waals surface area contributed by atoms with Gasteiger partial charge >= 0.3 is 0 Å². The van der Waals surface area contributed by atoms with Gasteiger partial charge in [-0.05, 0) is 36.8 Å². The van der Waals surface area contributed by atoms with Crippen LogP contribution in [0.3, 0.4) is 0 Å². The molecular weight excluding hydrogens is 327 g/mol. The first-order valence-electron chi connectivity index (χ1n) is 7.67. The molecule has 8 heteroatoms. The highest BCUT2D eigenvalue weighted by atomic mass is 19.1. The van der Waals surface area contributed by atoms with Crippen LogP contribution in [0.4, 0.5) is 10.3 Å². The fraction of sp³-hybridized carbons (Fsp3) is 0.235. The van der Waals surface area contributed by atoms with Crippen molar-refractivity contribution >= 4 is 17.0 Å². The van der Waals surface area contributed by atoms with Crippen molar-refractivity contribution in [1.29, 1.82) is 0 Å². The van der Waals surface area contributed by atoms with Crippen LogP contribution in [0.2, 0.25) is 0 Å². The van der Waals surface area contributed by atoms with E-state index in [1.165, 1.54) is 18.2 Å². The molecule has 3 aromatic rings. The van der Waals surface area contributed by atoms with Gasteiger partial charge in [0, 0.05) is 17.0 Å². The Hall–Kier alpha value is -2.84. The number of benzene rings is 1. The van der Waals surface area contributed by atoms with Crippen molar-refractivity contribution in [2.75, 3.05) is 18.5 Å². The van der Waals surface area contributed by atoms with Gasteiger partial charge in [0.15, 0.2) is 0 Å². The lowest BCUT2D eigenvalue weighted by atomic mass is 10.0. The number of aryl methyl sites for hydroxylation is 1. The number of H-pyrrole nitrogens is 1. The summed E-state index contributed by atoms with van der Waals surface area (Å²) in [6.07, 6.45) is 0. The molecule has 0 saturated carbocycles. The van der Waals surface area contributed by atoms with E-state index in [4.69, 9.17) is 0 Å². The molecule has 7 nitrogen and oxygen atoms in total. The first kappa shape index (κ1) is 17.0. The Labute approximate surface area is 142 Å². The molecule has 2 heterocycles. The number of nitrogens with zero attached hydrogens (tertiary/aromatic N) is 2. The van der Waals surface area contributed by atoms with Gasteiger partial charge < -0.3 is 20.5 Å². The molecule has 0 aliphatic heterocycles. The lowest BCUT2D eigenvalue weighted by Gasteiger charge is -2.15. The van der Waals surface area contributed by atoms with Crippen LogP contribution < -0.4 is 10.9 Å². The lowest BCUT2D eigenvalue weighted by Crippen LogP contribution is -2.28. The highest BCUT2D eigenvalue weighted by Crippen LogP contribution is 2.29. The van der Waals surface area contributed by atoms with Gasteiger partial charge in [-0.25, -0.2) is 9.37 Å². The Morgan fingerprint density at radius 3 is 2.64 bits per heavy atom. The molecule has 4 N–H and O–H groups in total. The maximum atomic E-state index is 13.4. The van der Waals surface area contributed by atoms with Gasteiger partial charge in [0.2, 0.25) is 11.5 Å². The number of aromatic nitrogens is 3. The van der Waals surface area contributed by atoms with E-state index in [0.717, 1.165) is 0 Å². The Kier molecular flexibility index (Phi) is 4.73. The number of hydrogen-bond donors (Lipinski definition) is 4. The van der Waals surface area contributed by atoms with Crippen molar-refractivity contribution in [1.82, 2.24) is 15.0 Å². The van der Waals surface area contributed by atoms with Crippen LogP contribution in [0, 0.1) is 12.7 Å². The Morgan fingerprint density at radius 2 is 1.96 bits per heavy atom. The summed E-state index contributed by atoms with van der Waals surface area (Å²) in [5.41, 5.74) is 1.86. The van der Waals surface area contributed by atoms with Gasteiger partial charge in [-0.3, -0.25) is 4.79 Å². The molecule has 0 atom stereocenters. The Morgan fingerprint density at radius 1 is 1.20 bits per heavy atom. The molecule has 0 saturated heterocycles. The maximum Gasteiger partial charge on any atom is 0.249 e. The average molecular weight is 344 g/mol. The van der Waals surface area contributed by atoms with Crippen molar-refractivity contribution < 1.29 is 14.6 Å². The highest BCUT2D eigenvalue weighted by Gasteiger charge is 2.15. The van der Waals surface area contributed by atoms with Gasteiger partial charge in [-0.1, -0.05) is 0 Å². The quantitative estimate of drug-likeness (QED) is 0.553. The highest BCUT2D eigenvalue weighted by molar-refractivity contribution is 5.91. The van der Waals surface area contributed by atoms with Gasteiger partial charge in [-0.2, -0.15) is 4.98 Å². The standard InChI is InChI=1S/C17H17FN4O3/c1-9-6-10(18)2-3-12(9)15-13-4-5-14(25)20-16(13)22-17(21-15)19-11(7-23)8-24/h2-6,11,23-24H,7-8H2,1H3,(H2,19,20,21,22,25). The van der Waals surface area contributed by atoms with Gasteiger partial charge in [0.1, 0.15) is 11.5 Å². The van der Waals surface area contributed by atoms with Crippen molar-refractivity contribution in [3.8, 4) is 11.3 Å². The lowest BCUT2D eigenvalue weighted by molar-refractivity contribution is 0.203. The van der Waals surface area contributed by atoms with Crippen molar-refractivity contribution in [3.63, 3.8) is 0 Å². The monoisotopic (exact) mass is 344 g/mol. The first-order chi connectivity index (χ1) is 12.0. The SMILES string of the molecule is Cc1cc(F)ccc1-c1nc(NC(CO)CO)nc2[nH]c(=O)ccc12. The smallest absolute Gasteiger partial charge is 0.249 e. The summed E-state index contributed by atoms with van der Waals surface area (Å²) in [5, 5.41) is 21.9. The summed E-state index contributed by atoms with van der Waals surface area (Å²) in [5.74, 6) is -0.215. The topological polar surface area (TPSA) is 111 Å². The fourth-order valence-electron chi connectivity index (χ4n) is 2.53. The summed E-state index contributed by atoms with van der Waals surface area (Å²) in [6.45, 7) is 1.14. The van der Waals surface area contributed by atoms with Crippen LogP contribution >= 0.6 is 0 Å². The fourth-order valence-corrected chi connectivity index (χ4v) is 2.53. The van der Waals surface area contributed by atoms with Crippen LogP contribution in [-0.2, 0) is 0 Å². The van der Waals surface area contributed by atoms with E-state index in [9.17, 15) is 19.4 Å². The van der Waals surface area contributed by atoms with E-state index in [1.807, 2.05) is 0 Å². The van der Waals surface area contributed by atoms with Crippen molar-refractivity contribution in [3.05, 3.63) is 52.1 Å². The van der Waals surface area contributed by atoms with E-state index in [-0.39, 0.29) is 30.5 Å². The molecule has 0 aliphatic rings. The summed E-state index contributed by atoms with van der Waals surface area (Å²) in [4.78, 5) is 22.9. The van der Waals surface area contributed by atoms with E-state index in [1.54, 1.807) is 19.1 Å². The van der Waals surface area contributed by atoms with E-state index < -0.39 is 6.04 Å². The summed E-state index contributed by atoms with van der Waals surface area (Å²) in [7, 11) is 0. The largest absolute Gasteiger partial charge is 0.394 e. The van der Waals surface area contributed by atoms with Crippen molar-refractivity contribution in [2.45, 2.75) is 13.0 Å². The molecular formula is C17H17FN4O3. The molecule has 3 rings (SSSR count). The average Bonchev–Trinajstić information content (AvgIpc) is 2.58. The molecule has 130 valence electrons. The number of fused-ring (bicyclic) bond motifs is 1. The van der Waals surface area contributed by atoms with Crippen molar-refractivity contribution in [2.24, 2.45) is 0 Å². The van der Waals surface area contributed by atoms with E-state index in [2.05, 4.69) is 20.3 Å². The van der Waals surface area contributed by atoms with Crippen LogP contribution in [0.25, 0.3) is 22.3 Å². The number of aromatic amines is 1. The van der Waals surface area contributed by atoms with Crippen LogP contribution in [-0.4, -0.2) is 44.4 Å². The number of halogens is 1. The van der Waals surface area contributed by atoms with Crippen LogP contribution in [0.1, 0.15) is 5.56 Å². The molecule has 0 aliphatic carbocycles. The third-order valence-electron chi connectivity index (χ3n) is 3.81. The predicted molar refractivity (Wildman–Crippen MR) is 91.9 cm³/mol. The zero-order chi connectivity index (χ0) is 18.0. The number of aliphatic hydroxyl groups excluding tert-OH is 2. The van der Waals surface area contributed by atoms with Crippen LogP contribution in [0.15, 0.2) is 35.1 Å². The summed E-state index contributed by atoms with van der Waals surface area (Å²) in [6, 6.07) is 6.66. The van der Waals surface area contributed by atoms with E-state index >= 15 is 0 Å². The molecule has 0 radical (unpaired) electrons. The maximum absolute atomic E-state index is 13.4. The Balaban J connectivity index is 2.22. The second-order valence-electron chi connectivity index (χ2n) is 5.65. The zero-order valence-corrected chi connectivity index (χ0v) is 13.5. The normalized spacial score (nSPS) is 11.2. The van der Waals surface area contributed by atoms with Crippen LogP contribution in [0.5, 0.6) is 0 Å². The minimum absolute atomic E-state index is 0.140. The number of hydrogen-bond acceptors (Lipinski definition) is 6. The first-order valence-corrected chi connectivity index (χ1v) is 7.67. The number of rotatable bonds is 5. The predicted octanol–water partition coefficient (Wildman–Crippen LogP) is 1.20. The molecule has 2 aromatic heterocycles. The zero-order valence-electron chi connectivity index (χ0n) is 13.5. The van der Waals surface area contributed by atoms with Gasteiger partial charge in [0.05, 0.1) is 24.9 Å². The third kappa shape index (κ3) is 3.49. The molecule has 0 spiro atoms. The second-order valence-corrected chi connectivity index (χ2v) is 5.65. The molecule has 0 amide bonds. The Bertz CT molecular complexity index is 970. The summed E-state index contributed by atoms with van der Waals surface area (Å²) < 4.78 is 13.4. The minimum atomic E-state index is -0.643. The molecule has 0 bridgehead atoms. The number of anilines is 1. The number of pyridine rings is 1. The summed E-state index contributed by atoms with van der Waals surface area (Å²) >= 11 is 0.